The number of amides is 1. The van der Waals surface area contributed by atoms with E-state index in [1.807, 2.05) is 37.3 Å². The molecule has 1 amide bonds. The zero-order valence-corrected chi connectivity index (χ0v) is 9.59. The van der Waals surface area contributed by atoms with Crippen LogP contribution in [0.1, 0.15) is 25.1 Å². The van der Waals surface area contributed by atoms with E-state index in [0.29, 0.717) is 6.54 Å². The lowest BCUT2D eigenvalue weighted by Crippen LogP contribution is -2.35. The third-order valence-electron chi connectivity index (χ3n) is 2.30. The average Bonchev–Trinajstić information content (AvgIpc) is 2.30. The Morgan fingerprint density at radius 3 is 2.50 bits per heavy atom. The summed E-state index contributed by atoms with van der Waals surface area (Å²) in [6, 6.07) is 9.35. The third kappa shape index (κ3) is 2.97. The SMILES string of the molecule is CCCN(C(=O)O)C(OC)c1ccccc1. The van der Waals surface area contributed by atoms with Gasteiger partial charge in [0.1, 0.15) is 0 Å². The second kappa shape index (κ2) is 6.12. The Balaban J connectivity index is 2.91. The van der Waals surface area contributed by atoms with Crippen molar-refractivity contribution >= 4 is 6.09 Å². The van der Waals surface area contributed by atoms with E-state index in [1.54, 1.807) is 0 Å². The van der Waals surface area contributed by atoms with Crippen molar-refractivity contribution in [2.24, 2.45) is 0 Å². The maximum Gasteiger partial charge on any atom is 0.409 e. The highest BCUT2D eigenvalue weighted by molar-refractivity contribution is 5.65. The molecule has 88 valence electrons. The van der Waals surface area contributed by atoms with E-state index in [2.05, 4.69) is 0 Å². The van der Waals surface area contributed by atoms with Crippen LogP contribution in [0.4, 0.5) is 4.79 Å². The van der Waals surface area contributed by atoms with E-state index in [9.17, 15) is 4.79 Å². The fourth-order valence-corrected chi connectivity index (χ4v) is 1.62. The number of methoxy groups -OCH3 is 1. The van der Waals surface area contributed by atoms with E-state index in [0.717, 1.165) is 12.0 Å². The van der Waals surface area contributed by atoms with Crippen molar-refractivity contribution in [2.45, 2.75) is 19.6 Å². The van der Waals surface area contributed by atoms with Crippen LogP contribution in [0, 0.1) is 0 Å². The molecule has 1 unspecified atom stereocenters. The van der Waals surface area contributed by atoms with Gasteiger partial charge in [-0.3, -0.25) is 4.90 Å². The third-order valence-corrected chi connectivity index (χ3v) is 2.30. The molecule has 0 fully saturated rings. The Morgan fingerprint density at radius 2 is 2.06 bits per heavy atom. The van der Waals surface area contributed by atoms with E-state index >= 15 is 0 Å². The number of hydrogen-bond acceptors (Lipinski definition) is 2. The van der Waals surface area contributed by atoms with Crippen molar-refractivity contribution in [2.75, 3.05) is 13.7 Å². The molecule has 0 aromatic heterocycles. The minimum Gasteiger partial charge on any atom is -0.465 e. The summed E-state index contributed by atoms with van der Waals surface area (Å²) in [5.41, 5.74) is 0.848. The van der Waals surface area contributed by atoms with Crippen LogP contribution >= 0.6 is 0 Å². The van der Waals surface area contributed by atoms with Gasteiger partial charge in [0.05, 0.1) is 0 Å². The highest BCUT2D eigenvalue weighted by Gasteiger charge is 2.23. The van der Waals surface area contributed by atoms with Crippen molar-refractivity contribution in [3.05, 3.63) is 35.9 Å². The Kier molecular flexibility index (Phi) is 4.79. The molecule has 0 saturated carbocycles. The molecule has 16 heavy (non-hydrogen) atoms. The van der Waals surface area contributed by atoms with Gasteiger partial charge in [-0.15, -0.1) is 0 Å². The van der Waals surface area contributed by atoms with Gasteiger partial charge in [0, 0.05) is 19.2 Å². The first-order valence-electron chi connectivity index (χ1n) is 5.28. The molecule has 1 aromatic rings. The molecule has 1 N–H and O–H groups in total. The standard InChI is InChI=1S/C12H17NO3/c1-3-9-13(12(14)15)11(16-2)10-7-5-4-6-8-10/h4-8,11H,3,9H2,1-2H3,(H,14,15). The summed E-state index contributed by atoms with van der Waals surface area (Å²) in [5, 5.41) is 9.11. The summed E-state index contributed by atoms with van der Waals surface area (Å²) in [4.78, 5) is 12.4. The van der Waals surface area contributed by atoms with Gasteiger partial charge in [-0.05, 0) is 6.42 Å². The molecule has 0 saturated heterocycles. The summed E-state index contributed by atoms with van der Waals surface area (Å²) in [6.45, 7) is 2.40. The van der Waals surface area contributed by atoms with Gasteiger partial charge in [0.25, 0.3) is 0 Å². The van der Waals surface area contributed by atoms with Gasteiger partial charge in [0.2, 0.25) is 0 Å². The smallest absolute Gasteiger partial charge is 0.409 e. The highest BCUT2D eigenvalue weighted by atomic mass is 16.5. The number of carboxylic acid groups (broad SMARTS) is 1. The van der Waals surface area contributed by atoms with Gasteiger partial charge in [-0.2, -0.15) is 0 Å². The monoisotopic (exact) mass is 223 g/mol. The number of ether oxygens (including phenoxy) is 1. The lowest BCUT2D eigenvalue weighted by molar-refractivity contribution is -0.0233. The van der Waals surface area contributed by atoms with Crippen molar-refractivity contribution in [1.82, 2.24) is 4.90 Å². The summed E-state index contributed by atoms with van der Waals surface area (Å²) in [7, 11) is 1.52. The largest absolute Gasteiger partial charge is 0.465 e. The Hall–Kier alpha value is -1.55. The van der Waals surface area contributed by atoms with Crippen LogP contribution in [-0.2, 0) is 4.74 Å². The number of benzene rings is 1. The maximum absolute atomic E-state index is 11.1. The van der Waals surface area contributed by atoms with E-state index in [-0.39, 0.29) is 0 Å². The summed E-state index contributed by atoms with van der Waals surface area (Å²) in [6.07, 6.45) is -0.727. The molecular formula is C12H17NO3. The van der Waals surface area contributed by atoms with Crippen LogP contribution in [0.5, 0.6) is 0 Å². The Bertz CT molecular complexity index is 326. The normalized spacial score (nSPS) is 12.1. The first-order chi connectivity index (χ1) is 7.70. The van der Waals surface area contributed by atoms with Crippen molar-refractivity contribution in [3.63, 3.8) is 0 Å². The summed E-state index contributed by atoms with van der Waals surface area (Å²) >= 11 is 0. The van der Waals surface area contributed by atoms with Gasteiger partial charge in [-0.25, -0.2) is 4.79 Å². The lowest BCUT2D eigenvalue weighted by Gasteiger charge is -2.28. The minimum absolute atomic E-state index is 0.461. The zero-order chi connectivity index (χ0) is 12.0. The maximum atomic E-state index is 11.1. The molecule has 0 bridgehead atoms. The molecule has 4 nitrogen and oxygen atoms in total. The van der Waals surface area contributed by atoms with Gasteiger partial charge in [-0.1, -0.05) is 37.3 Å². The molecule has 0 radical (unpaired) electrons. The first kappa shape index (κ1) is 12.5. The molecule has 0 aliphatic carbocycles. The molecule has 0 aliphatic heterocycles. The molecular weight excluding hydrogens is 206 g/mol. The number of rotatable bonds is 5. The second-order valence-electron chi connectivity index (χ2n) is 3.47. The second-order valence-corrected chi connectivity index (χ2v) is 3.47. The van der Waals surface area contributed by atoms with E-state index < -0.39 is 12.3 Å². The van der Waals surface area contributed by atoms with Crippen LogP contribution in [0.3, 0.4) is 0 Å². The quantitative estimate of drug-likeness (QED) is 0.781. The molecule has 1 rings (SSSR count). The van der Waals surface area contributed by atoms with Crippen molar-refractivity contribution in [1.29, 1.82) is 0 Å². The van der Waals surface area contributed by atoms with Crippen LogP contribution in [-0.4, -0.2) is 29.8 Å². The van der Waals surface area contributed by atoms with E-state index in [4.69, 9.17) is 9.84 Å². The molecule has 1 atom stereocenters. The fourth-order valence-electron chi connectivity index (χ4n) is 1.62. The fraction of sp³-hybridized carbons (Fsp3) is 0.417. The molecule has 0 heterocycles. The molecule has 0 spiro atoms. The predicted molar refractivity (Wildman–Crippen MR) is 61.2 cm³/mol. The van der Waals surface area contributed by atoms with Crippen LogP contribution in [0.15, 0.2) is 30.3 Å². The van der Waals surface area contributed by atoms with Crippen LogP contribution < -0.4 is 0 Å². The first-order valence-corrected chi connectivity index (χ1v) is 5.28. The Labute approximate surface area is 95.5 Å². The Morgan fingerprint density at radius 1 is 1.44 bits per heavy atom. The van der Waals surface area contributed by atoms with Gasteiger partial charge >= 0.3 is 6.09 Å². The van der Waals surface area contributed by atoms with E-state index in [1.165, 1.54) is 12.0 Å². The number of carbonyl (C=O) groups is 1. The topological polar surface area (TPSA) is 49.8 Å². The van der Waals surface area contributed by atoms with Crippen molar-refractivity contribution in [3.8, 4) is 0 Å². The molecule has 1 aromatic carbocycles. The van der Waals surface area contributed by atoms with Crippen LogP contribution in [0.25, 0.3) is 0 Å². The summed E-state index contributed by atoms with van der Waals surface area (Å²) in [5.74, 6) is 0. The van der Waals surface area contributed by atoms with Gasteiger partial charge in [0.15, 0.2) is 6.23 Å². The highest BCUT2D eigenvalue weighted by Crippen LogP contribution is 2.21. The summed E-state index contributed by atoms with van der Waals surface area (Å²) < 4.78 is 5.26. The number of hydrogen-bond donors (Lipinski definition) is 1. The molecule has 0 aliphatic rings. The number of nitrogens with zero attached hydrogens (tertiary/aromatic N) is 1. The molecule has 4 heteroatoms. The predicted octanol–water partition coefficient (Wildman–Crippen LogP) is 2.72. The lowest BCUT2D eigenvalue weighted by atomic mass is 10.2. The van der Waals surface area contributed by atoms with Gasteiger partial charge < -0.3 is 9.84 Å². The average molecular weight is 223 g/mol. The van der Waals surface area contributed by atoms with Crippen molar-refractivity contribution < 1.29 is 14.6 Å². The van der Waals surface area contributed by atoms with Crippen LogP contribution in [0.2, 0.25) is 0 Å². The minimum atomic E-state index is -0.961. The zero-order valence-electron chi connectivity index (χ0n) is 9.59.